The number of amides is 2. The zero-order chi connectivity index (χ0) is 31.3. The third-order valence-corrected chi connectivity index (χ3v) is 10.6. The molecule has 2 amide bonds. The Kier molecular flexibility index (Phi) is 10.3. The van der Waals surface area contributed by atoms with E-state index in [0.717, 1.165) is 14.2 Å². The molecule has 2 aromatic rings. The number of nitrogens with zero attached hydrogens (tertiary/aromatic N) is 2. The molecule has 1 aliphatic rings. The molecule has 0 bridgehead atoms. The van der Waals surface area contributed by atoms with Crippen LogP contribution in [-0.2, 0) is 43.0 Å². The minimum atomic E-state index is -4.18. The van der Waals surface area contributed by atoms with Gasteiger partial charge in [0, 0.05) is 21.2 Å². The van der Waals surface area contributed by atoms with E-state index in [9.17, 15) is 26.4 Å². The molecule has 0 aliphatic carbocycles. The Morgan fingerprint density at radius 3 is 2.33 bits per heavy atom. The maximum absolute atomic E-state index is 13.5. The van der Waals surface area contributed by atoms with Gasteiger partial charge in [-0.05, 0) is 56.5 Å². The molecule has 0 aromatic heterocycles. The lowest BCUT2D eigenvalue weighted by Crippen LogP contribution is -2.43. The summed E-state index contributed by atoms with van der Waals surface area (Å²) in [6, 6.07) is 14.8. The van der Waals surface area contributed by atoms with E-state index in [1.165, 1.54) is 0 Å². The smallest absolute Gasteiger partial charge is 0.422 e. The van der Waals surface area contributed by atoms with E-state index in [1.807, 2.05) is 30.3 Å². The Hall–Kier alpha value is -3.14. The minimum absolute atomic E-state index is 0.0689. The summed E-state index contributed by atoms with van der Waals surface area (Å²) in [4.78, 5) is 24.7. The number of ether oxygens (including phenoxy) is 2. The molecule has 2 N–H and O–H groups in total. The number of nitrogens with one attached hydrogen (secondary N) is 2. The van der Waals surface area contributed by atoms with Crippen molar-refractivity contribution in [1.82, 2.24) is 13.7 Å². The van der Waals surface area contributed by atoms with Gasteiger partial charge in [0.2, 0.25) is 0 Å². The van der Waals surface area contributed by atoms with Gasteiger partial charge in [-0.2, -0.15) is 21.6 Å². The van der Waals surface area contributed by atoms with Gasteiger partial charge in [0.1, 0.15) is 24.5 Å². The molecule has 12 nitrogen and oxygen atoms in total. The van der Waals surface area contributed by atoms with Gasteiger partial charge >= 0.3 is 26.5 Å². The number of hydrogen-bond acceptors (Lipinski definition) is 8. The van der Waals surface area contributed by atoms with E-state index >= 15 is 0 Å². The largest absolute Gasteiger partial charge is 0.487 e. The van der Waals surface area contributed by atoms with Crippen molar-refractivity contribution >= 4 is 46.2 Å². The average Bonchev–Trinajstić information content (AvgIpc) is 3.07. The van der Waals surface area contributed by atoms with Crippen LogP contribution in [0.5, 0.6) is 5.75 Å². The van der Waals surface area contributed by atoms with Gasteiger partial charge in [-0.15, -0.1) is 0 Å². The number of hydrogen-bond donors (Lipinski definition) is 2. The fourth-order valence-electron chi connectivity index (χ4n) is 3.96. The number of benzene rings is 2. The van der Waals surface area contributed by atoms with E-state index in [0.29, 0.717) is 11.6 Å². The van der Waals surface area contributed by atoms with Crippen LogP contribution in [0.3, 0.4) is 0 Å². The summed E-state index contributed by atoms with van der Waals surface area (Å²) in [5.74, 6) is -0.271. The Morgan fingerprint density at radius 1 is 1.05 bits per heavy atom. The van der Waals surface area contributed by atoms with E-state index in [1.54, 1.807) is 43.7 Å². The van der Waals surface area contributed by atoms with Gasteiger partial charge in [0.25, 0.3) is 5.91 Å². The average molecular weight is 641 g/mol. The first-order valence-electron chi connectivity index (χ1n) is 13.5. The summed E-state index contributed by atoms with van der Waals surface area (Å²) in [5.41, 5.74) is 0.842. The molecule has 1 heterocycles. The van der Waals surface area contributed by atoms with Crippen LogP contribution in [0.15, 0.2) is 48.5 Å². The highest BCUT2D eigenvalue weighted by atomic mass is 32.2. The van der Waals surface area contributed by atoms with Gasteiger partial charge in [-0.3, -0.25) is 4.79 Å². The molecular formula is C27H40N4O8S2Si. The van der Waals surface area contributed by atoms with E-state index in [4.69, 9.17) is 9.47 Å². The zero-order valence-corrected chi connectivity index (χ0v) is 27.5. The molecule has 0 radical (unpaired) electrons. The number of carbonyl (C=O) groups is 2. The second kappa shape index (κ2) is 13.0. The molecule has 1 aliphatic heterocycles. The molecule has 0 unspecified atom stereocenters. The Labute approximate surface area is 249 Å². The van der Waals surface area contributed by atoms with E-state index in [-0.39, 0.29) is 44.1 Å². The van der Waals surface area contributed by atoms with Gasteiger partial charge in [-0.1, -0.05) is 56.0 Å². The van der Waals surface area contributed by atoms with Crippen molar-refractivity contribution in [3.05, 3.63) is 59.7 Å². The Morgan fingerprint density at radius 2 is 1.71 bits per heavy atom. The van der Waals surface area contributed by atoms with Crippen molar-refractivity contribution in [3.63, 3.8) is 0 Å². The second-order valence-electron chi connectivity index (χ2n) is 12.1. The lowest BCUT2D eigenvalue weighted by molar-refractivity contribution is -0.123. The predicted molar refractivity (Wildman–Crippen MR) is 163 cm³/mol. The van der Waals surface area contributed by atoms with Crippen LogP contribution in [0.25, 0.3) is 0 Å². The van der Waals surface area contributed by atoms with E-state index < -0.39 is 46.1 Å². The maximum atomic E-state index is 13.5. The monoisotopic (exact) mass is 640 g/mol. The molecule has 0 saturated carbocycles. The normalized spacial score (nSPS) is 15.5. The number of carbonyl (C=O) groups excluding carboxylic acids is 2. The van der Waals surface area contributed by atoms with Crippen LogP contribution in [0.2, 0.25) is 25.7 Å². The third kappa shape index (κ3) is 9.71. The van der Waals surface area contributed by atoms with Gasteiger partial charge in [-0.25, -0.2) is 18.1 Å². The Balaban J connectivity index is 1.80. The van der Waals surface area contributed by atoms with E-state index in [2.05, 4.69) is 24.4 Å². The molecule has 15 heteroatoms. The second-order valence-corrected chi connectivity index (χ2v) is 21.0. The fourth-order valence-corrected chi connectivity index (χ4v) is 7.27. The molecule has 3 rings (SSSR count). The van der Waals surface area contributed by atoms with Crippen molar-refractivity contribution in [2.24, 2.45) is 0 Å². The van der Waals surface area contributed by atoms with Crippen LogP contribution in [0.1, 0.15) is 31.9 Å². The molecule has 0 atom stereocenters. The maximum Gasteiger partial charge on any atom is 0.422 e. The summed E-state index contributed by atoms with van der Waals surface area (Å²) >= 11 is 0. The molecular weight excluding hydrogens is 601 g/mol. The first-order valence-corrected chi connectivity index (χ1v) is 20.1. The number of anilines is 1. The molecule has 1 saturated heterocycles. The minimum Gasteiger partial charge on any atom is -0.487 e. The summed E-state index contributed by atoms with van der Waals surface area (Å²) in [5, 5.41) is 0. The predicted octanol–water partition coefficient (Wildman–Crippen LogP) is 3.40. The lowest BCUT2D eigenvalue weighted by atomic mass is 10.1. The van der Waals surface area contributed by atoms with Crippen molar-refractivity contribution in [2.45, 2.75) is 65.1 Å². The standard InChI is InChI=1S/C27H40N4O8S2Si/c1-27(2,3)39-26(33)29-40(34,35)28-15-14-21-12-13-23(24(18-21)38-20-22-10-8-7-9-11-22)31-19-25(32)30(41(31,36)37)16-17-42(4,5)6/h7-13,18,28H,14-17,19-20H2,1-6H3,(H,29,33). The van der Waals surface area contributed by atoms with Crippen LogP contribution in [0, 0.1) is 0 Å². The highest BCUT2D eigenvalue weighted by Crippen LogP contribution is 2.36. The summed E-state index contributed by atoms with van der Waals surface area (Å²) in [6.07, 6.45) is -0.901. The van der Waals surface area contributed by atoms with Gasteiger partial charge < -0.3 is 9.47 Å². The molecule has 0 spiro atoms. The first kappa shape index (κ1) is 33.4. The van der Waals surface area contributed by atoms with Gasteiger partial charge in [0.15, 0.2) is 0 Å². The van der Waals surface area contributed by atoms with Crippen LogP contribution < -0.4 is 18.5 Å². The lowest BCUT2D eigenvalue weighted by Gasteiger charge is -2.24. The van der Waals surface area contributed by atoms with Crippen molar-refractivity contribution in [3.8, 4) is 5.75 Å². The van der Waals surface area contributed by atoms with Crippen molar-refractivity contribution in [2.75, 3.05) is 23.9 Å². The summed E-state index contributed by atoms with van der Waals surface area (Å²) < 4.78 is 68.6. The van der Waals surface area contributed by atoms with Crippen LogP contribution in [0.4, 0.5) is 10.5 Å². The van der Waals surface area contributed by atoms with Gasteiger partial charge in [0.05, 0.1) is 5.69 Å². The summed E-state index contributed by atoms with van der Waals surface area (Å²) in [7, 11) is -9.91. The quantitative estimate of drug-likeness (QED) is 0.335. The molecule has 1 fully saturated rings. The first-order chi connectivity index (χ1) is 19.4. The summed E-state index contributed by atoms with van der Waals surface area (Å²) in [6.45, 7) is 11.0. The molecule has 2 aromatic carbocycles. The molecule has 42 heavy (non-hydrogen) atoms. The Bertz CT molecular complexity index is 1490. The number of rotatable bonds is 12. The van der Waals surface area contributed by atoms with Crippen molar-refractivity contribution < 1.29 is 35.9 Å². The topological polar surface area (TPSA) is 151 Å². The zero-order valence-electron chi connectivity index (χ0n) is 24.8. The highest BCUT2D eigenvalue weighted by molar-refractivity contribution is 7.91. The fraction of sp³-hybridized carbons (Fsp3) is 0.481. The van der Waals surface area contributed by atoms with Crippen LogP contribution >= 0.6 is 0 Å². The molecule has 232 valence electrons. The SMILES string of the molecule is CC(C)(C)OC(=O)NS(=O)(=O)NCCc1ccc(N2CC(=O)N(CC[Si](C)(C)C)S2(=O)=O)c(OCc2ccccc2)c1. The highest BCUT2D eigenvalue weighted by Gasteiger charge is 2.44. The third-order valence-electron chi connectivity index (χ3n) is 6.03. The van der Waals surface area contributed by atoms with Crippen molar-refractivity contribution in [1.29, 1.82) is 0 Å². The van der Waals surface area contributed by atoms with Crippen LogP contribution in [-0.4, -0.2) is 66.5 Å².